The summed E-state index contributed by atoms with van der Waals surface area (Å²) in [6, 6.07) is 15.1. The van der Waals surface area contributed by atoms with Crippen molar-refractivity contribution in [1.29, 1.82) is 0 Å². The number of rotatable bonds is 12. The molecule has 0 amide bonds. The van der Waals surface area contributed by atoms with E-state index >= 15 is 0 Å². The largest absolute Gasteiger partial charge is 0.493 e. The maximum Gasteiger partial charge on any atom is 0.183 e. The van der Waals surface area contributed by atoms with Gasteiger partial charge in [0.25, 0.3) is 0 Å². The number of hydrogen-bond acceptors (Lipinski definition) is 11. The van der Waals surface area contributed by atoms with Crippen molar-refractivity contribution in [2.75, 3.05) is 28.4 Å². The van der Waals surface area contributed by atoms with Crippen molar-refractivity contribution in [2.45, 2.75) is 21.8 Å². The Morgan fingerprint density at radius 2 is 1.07 bits per heavy atom. The lowest BCUT2D eigenvalue weighted by atomic mass is 10.3. The first-order valence-corrected chi connectivity index (χ1v) is 15.1. The number of pyridine rings is 2. The van der Waals surface area contributed by atoms with Crippen molar-refractivity contribution in [3.63, 3.8) is 0 Å². The van der Waals surface area contributed by atoms with Gasteiger partial charge in [0.2, 0.25) is 0 Å². The molecule has 0 atom stereocenters. The van der Waals surface area contributed by atoms with E-state index in [9.17, 15) is 0 Å². The Kier molecular flexibility index (Phi) is 8.43. The van der Waals surface area contributed by atoms with E-state index in [0.29, 0.717) is 46.0 Å². The molecule has 0 saturated carbocycles. The number of ether oxygens (including phenoxy) is 5. The first kappa shape index (κ1) is 28.5. The number of H-pyrrole nitrogens is 2. The van der Waals surface area contributed by atoms with E-state index in [4.69, 9.17) is 33.7 Å². The molecule has 0 fully saturated rings. The third-order valence-corrected chi connectivity index (χ3v) is 8.29. The molecule has 6 rings (SSSR count). The van der Waals surface area contributed by atoms with Crippen LogP contribution in [-0.4, -0.2) is 58.3 Å². The Morgan fingerprint density at radius 3 is 1.49 bits per heavy atom. The summed E-state index contributed by atoms with van der Waals surface area (Å²) >= 11 is 3.06. The average molecular weight is 617 g/mol. The van der Waals surface area contributed by atoms with Gasteiger partial charge in [0, 0.05) is 48.2 Å². The standard InChI is InChI=1S/C30H28N6O5S2/c1-37-25-9-11-31-23(27(25)39-3)15-42-29-33-19-7-5-17(13-21(19)35-29)41-18-6-8-20-22(14-18)36-30(34-20)43-16-24-28(40-4)26(38-2)10-12-32-24/h5-14H,15-16H2,1-4H3,(H,33,35)(H,34,36). The van der Waals surface area contributed by atoms with Gasteiger partial charge in [0.05, 0.1) is 61.9 Å². The van der Waals surface area contributed by atoms with Crippen LogP contribution in [0.1, 0.15) is 11.4 Å². The summed E-state index contributed by atoms with van der Waals surface area (Å²) in [5, 5.41) is 1.54. The summed E-state index contributed by atoms with van der Waals surface area (Å²) in [6.45, 7) is 0. The zero-order valence-corrected chi connectivity index (χ0v) is 25.5. The van der Waals surface area contributed by atoms with Crippen molar-refractivity contribution in [3.05, 3.63) is 72.3 Å². The third-order valence-electron chi connectivity index (χ3n) is 6.52. The van der Waals surface area contributed by atoms with Gasteiger partial charge in [-0.25, -0.2) is 9.97 Å². The Morgan fingerprint density at radius 1 is 0.605 bits per heavy atom. The van der Waals surface area contributed by atoms with Gasteiger partial charge < -0.3 is 33.7 Å². The van der Waals surface area contributed by atoms with Gasteiger partial charge in [-0.05, 0) is 24.3 Å². The number of hydrogen-bond donors (Lipinski definition) is 2. The minimum absolute atomic E-state index is 0.567. The van der Waals surface area contributed by atoms with E-state index in [0.717, 1.165) is 43.8 Å². The molecule has 0 aliphatic rings. The molecule has 6 aromatic rings. The second-order valence-corrected chi connectivity index (χ2v) is 11.0. The Hall–Kier alpha value is -4.62. The van der Waals surface area contributed by atoms with E-state index < -0.39 is 0 Å². The molecule has 0 unspecified atom stereocenters. The summed E-state index contributed by atoms with van der Waals surface area (Å²) in [5.41, 5.74) is 4.98. The molecule has 11 nitrogen and oxygen atoms in total. The lowest BCUT2D eigenvalue weighted by Gasteiger charge is -2.10. The van der Waals surface area contributed by atoms with Crippen molar-refractivity contribution in [2.24, 2.45) is 0 Å². The molecule has 43 heavy (non-hydrogen) atoms. The number of aromatic nitrogens is 6. The van der Waals surface area contributed by atoms with Gasteiger partial charge >= 0.3 is 0 Å². The molecular weight excluding hydrogens is 589 g/mol. The lowest BCUT2D eigenvalue weighted by molar-refractivity contribution is 0.350. The maximum atomic E-state index is 6.19. The van der Waals surface area contributed by atoms with Gasteiger partial charge in [0.1, 0.15) is 11.5 Å². The number of nitrogens with zero attached hydrogens (tertiary/aromatic N) is 4. The molecule has 4 aromatic heterocycles. The number of nitrogens with one attached hydrogen (secondary N) is 2. The van der Waals surface area contributed by atoms with Gasteiger partial charge in [-0.3, -0.25) is 9.97 Å². The highest BCUT2D eigenvalue weighted by molar-refractivity contribution is 7.98. The summed E-state index contributed by atoms with van der Waals surface area (Å²) in [5.74, 6) is 5.05. The van der Waals surface area contributed by atoms with Crippen LogP contribution >= 0.6 is 23.5 Å². The van der Waals surface area contributed by atoms with Crippen LogP contribution in [0.3, 0.4) is 0 Å². The minimum Gasteiger partial charge on any atom is -0.493 e. The molecular formula is C30H28N6O5S2. The third kappa shape index (κ3) is 6.13. The molecule has 0 saturated heterocycles. The highest BCUT2D eigenvalue weighted by atomic mass is 32.2. The predicted molar refractivity (Wildman–Crippen MR) is 166 cm³/mol. The predicted octanol–water partition coefficient (Wildman–Crippen LogP) is 6.64. The monoisotopic (exact) mass is 616 g/mol. The average Bonchev–Trinajstić information content (AvgIpc) is 3.64. The molecule has 0 aliphatic carbocycles. The molecule has 0 bridgehead atoms. The zero-order chi connectivity index (χ0) is 29.8. The lowest BCUT2D eigenvalue weighted by Crippen LogP contribution is -1.97. The Labute approximate surface area is 255 Å². The molecule has 0 aliphatic heterocycles. The van der Waals surface area contributed by atoms with Gasteiger partial charge in [0.15, 0.2) is 33.3 Å². The van der Waals surface area contributed by atoms with Crippen LogP contribution in [0.2, 0.25) is 0 Å². The second kappa shape index (κ2) is 12.7. The van der Waals surface area contributed by atoms with E-state index in [-0.39, 0.29) is 0 Å². The van der Waals surface area contributed by atoms with Gasteiger partial charge in [-0.15, -0.1) is 0 Å². The quantitative estimate of drug-likeness (QED) is 0.144. The number of benzene rings is 2. The van der Waals surface area contributed by atoms with E-state index in [1.165, 1.54) is 23.5 Å². The number of aromatic amines is 2. The first-order chi connectivity index (χ1) is 21.1. The van der Waals surface area contributed by atoms with E-state index in [2.05, 4.69) is 19.9 Å². The molecule has 4 heterocycles. The normalized spacial score (nSPS) is 11.2. The van der Waals surface area contributed by atoms with Crippen LogP contribution in [0.25, 0.3) is 22.1 Å². The van der Waals surface area contributed by atoms with Gasteiger partial charge in [-0.2, -0.15) is 0 Å². The van der Waals surface area contributed by atoms with Crippen LogP contribution in [0.15, 0.2) is 71.2 Å². The second-order valence-electron chi connectivity index (χ2n) is 9.11. The zero-order valence-electron chi connectivity index (χ0n) is 23.8. The highest BCUT2D eigenvalue weighted by Crippen LogP contribution is 2.35. The topological polar surface area (TPSA) is 129 Å². The van der Waals surface area contributed by atoms with Crippen LogP contribution in [0, 0.1) is 0 Å². The van der Waals surface area contributed by atoms with Crippen LogP contribution < -0.4 is 23.7 Å². The Bertz CT molecular complexity index is 1760. The molecule has 2 N–H and O–H groups in total. The summed E-state index contributed by atoms with van der Waals surface area (Å²) < 4.78 is 27.9. The molecule has 220 valence electrons. The fourth-order valence-electron chi connectivity index (χ4n) is 4.51. The first-order valence-electron chi connectivity index (χ1n) is 13.1. The van der Waals surface area contributed by atoms with Crippen LogP contribution in [0.5, 0.6) is 34.5 Å². The SMILES string of the molecule is COc1ccnc(CSc2nc3ccc(Oc4ccc5nc(SCc6nccc(OC)c6OC)[nH]c5c4)cc3[nH]2)c1OC. The van der Waals surface area contributed by atoms with E-state index in [1.54, 1.807) is 53.0 Å². The summed E-state index contributed by atoms with van der Waals surface area (Å²) in [7, 11) is 6.44. The summed E-state index contributed by atoms with van der Waals surface area (Å²) in [4.78, 5) is 25.0. The van der Waals surface area contributed by atoms with Crippen molar-refractivity contribution < 1.29 is 23.7 Å². The van der Waals surface area contributed by atoms with Crippen molar-refractivity contribution in [3.8, 4) is 34.5 Å². The molecule has 2 aromatic carbocycles. The fraction of sp³-hybridized carbons (Fsp3) is 0.200. The smallest absolute Gasteiger partial charge is 0.183 e. The number of methoxy groups -OCH3 is 4. The van der Waals surface area contributed by atoms with E-state index in [1.807, 2.05) is 36.4 Å². The van der Waals surface area contributed by atoms with Gasteiger partial charge in [-0.1, -0.05) is 23.5 Å². The summed E-state index contributed by atoms with van der Waals surface area (Å²) in [6.07, 6.45) is 3.41. The molecule has 13 heteroatoms. The minimum atomic E-state index is 0.567. The van der Waals surface area contributed by atoms with Crippen LogP contribution in [-0.2, 0) is 11.5 Å². The number of fused-ring (bicyclic) bond motifs is 2. The molecule has 0 radical (unpaired) electrons. The van der Waals surface area contributed by atoms with Crippen molar-refractivity contribution in [1.82, 2.24) is 29.9 Å². The maximum absolute atomic E-state index is 6.19. The molecule has 0 spiro atoms. The fourth-order valence-corrected chi connectivity index (χ4v) is 6.16. The van der Waals surface area contributed by atoms with Crippen molar-refractivity contribution >= 4 is 45.6 Å². The van der Waals surface area contributed by atoms with Crippen LogP contribution in [0.4, 0.5) is 0 Å². The number of imidazole rings is 2. The highest BCUT2D eigenvalue weighted by Gasteiger charge is 2.15. The number of thioether (sulfide) groups is 2. The Balaban J connectivity index is 1.13.